The number of aryl methyl sites for hydroxylation is 2. The first-order valence-electron chi connectivity index (χ1n) is 10.3. The van der Waals surface area contributed by atoms with Crippen molar-refractivity contribution in [2.45, 2.75) is 25.3 Å². The molecule has 0 amide bonds. The van der Waals surface area contributed by atoms with Gasteiger partial charge in [0.1, 0.15) is 5.69 Å². The normalized spacial score (nSPS) is 11.9. The Balaban J connectivity index is 1.84. The molecule has 0 atom stereocenters. The number of hydrogen-bond acceptors (Lipinski definition) is 10. The molecule has 1 aromatic carbocycles. The zero-order valence-electron chi connectivity index (χ0n) is 18.5. The van der Waals surface area contributed by atoms with Gasteiger partial charge in [0, 0.05) is 36.8 Å². The molecule has 1 N–H and O–H groups in total. The van der Waals surface area contributed by atoms with Gasteiger partial charge < -0.3 is 5.32 Å². The zero-order valence-corrected chi connectivity index (χ0v) is 19.3. The molecule has 0 saturated carbocycles. The van der Waals surface area contributed by atoms with Crippen molar-refractivity contribution in [1.29, 1.82) is 0 Å². The lowest BCUT2D eigenvalue weighted by Crippen LogP contribution is -2.12. The fourth-order valence-corrected chi connectivity index (χ4v) is 4.42. The highest BCUT2D eigenvalue weighted by molar-refractivity contribution is 7.91. The van der Waals surface area contributed by atoms with Gasteiger partial charge in [0.25, 0.3) is 5.56 Å². The van der Waals surface area contributed by atoms with Gasteiger partial charge in [-0.15, -0.1) is 5.10 Å². The lowest BCUT2D eigenvalue weighted by molar-refractivity contribution is 0.602. The summed E-state index contributed by atoms with van der Waals surface area (Å²) in [4.78, 5) is 29.4. The number of aromatic nitrogens is 8. The summed E-state index contributed by atoms with van der Waals surface area (Å²) < 4.78 is 28.1. The Kier molecular flexibility index (Phi) is 5.05. The predicted octanol–water partition coefficient (Wildman–Crippen LogP) is 1.77. The van der Waals surface area contributed by atoms with E-state index in [1.165, 1.54) is 29.2 Å². The maximum atomic E-state index is 12.5. The molecule has 0 saturated heterocycles. The highest BCUT2D eigenvalue weighted by atomic mass is 32.2. The molecule has 0 radical (unpaired) electrons. The SMILES string of the molecule is CCn1cc(-c2nc3c4cccc(S(C)(=O)=O)c4nc(Nc4cnccnc4=O)n3n2)c(C)n1. The third-order valence-electron chi connectivity index (χ3n) is 5.20. The minimum Gasteiger partial charge on any atom is -0.318 e. The minimum absolute atomic E-state index is 0.0345. The lowest BCUT2D eigenvalue weighted by Gasteiger charge is -2.09. The van der Waals surface area contributed by atoms with Crippen LogP contribution in [0, 0.1) is 6.92 Å². The third kappa shape index (κ3) is 3.65. The number of anilines is 2. The van der Waals surface area contributed by atoms with Crippen molar-refractivity contribution < 1.29 is 8.42 Å². The number of nitrogens with zero attached hydrogens (tertiary/aromatic N) is 8. The van der Waals surface area contributed by atoms with Crippen molar-refractivity contribution >= 4 is 38.0 Å². The summed E-state index contributed by atoms with van der Waals surface area (Å²) in [5.41, 5.74) is 1.51. The Morgan fingerprint density at radius 2 is 1.94 bits per heavy atom. The van der Waals surface area contributed by atoms with E-state index in [0.29, 0.717) is 23.4 Å². The molecule has 4 aromatic heterocycles. The van der Waals surface area contributed by atoms with Gasteiger partial charge in [-0.25, -0.2) is 23.4 Å². The summed E-state index contributed by atoms with van der Waals surface area (Å²) in [6.45, 7) is 4.51. The van der Waals surface area contributed by atoms with Crippen molar-refractivity contribution in [2.75, 3.05) is 11.6 Å². The molecule has 12 nitrogen and oxygen atoms in total. The average Bonchev–Trinajstić information content (AvgIpc) is 3.34. The summed E-state index contributed by atoms with van der Waals surface area (Å²) in [5, 5.41) is 12.5. The number of hydrogen-bond donors (Lipinski definition) is 1. The Morgan fingerprint density at radius 1 is 1.12 bits per heavy atom. The van der Waals surface area contributed by atoms with Gasteiger partial charge in [0.2, 0.25) is 5.95 Å². The van der Waals surface area contributed by atoms with Gasteiger partial charge in [-0.3, -0.25) is 14.5 Å². The molecular formula is C21H19N9O3S. The topological polar surface area (TPSA) is 150 Å². The fraction of sp³-hybridized carbons (Fsp3) is 0.190. The predicted molar refractivity (Wildman–Crippen MR) is 125 cm³/mol. The second-order valence-electron chi connectivity index (χ2n) is 7.56. The van der Waals surface area contributed by atoms with Crippen molar-refractivity contribution in [3.63, 3.8) is 0 Å². The van der Waals surface area contributed by atoms with E-state index in [0.717, 1.165) is 17.5 Å². The molecule has 5 rings (SSSR count). The number of fused-ring (bicyclic) bond motifs is 3. The molecule has 0 unspecified atom stereocenters. The van der Waals surface area contributed by atoms with E-state index in [9.17, 15) is 13.2 Å². The largest absolute Gasteiger partial charge is 0.318 e. The standard InChI is InChI=1S/C21H19N9O3S/c1-4-29-11-14(12(2)27-29)18-26-19-13-6-5-7-16(34(3,32)33)17(13)25-21(30(19)28-18)24-15-10-22-8-9-23-20(15)31/h5-11H,4H2,1-3H3,(H,23,24,25,31). The molecule has 5 aromatic rings. The van der Waals surface area contributed by atoms with Crippen LogP contribution in [0.3, 0.4) is 0 Å². The second-order valence-corrected chi connectivity index (χ2v) is 9.55. The molecule has 0 aliphatic carbocycles. The van der Waals surface area contributed by atoms with Gasteiger partial charge in [0.15, 0.2) is 21.3 Å². The summed E-state index contributed by atoms with van der Waals surface area (Å²) in [7, 11) is -3.61. The average molecular weight is 478 g/mol. The van der Waals surface area contributed by atoms with Crippen LogP contribution in [0.2, 0.25) is 0 Å². The molecular weight excluding hydrogens is 458 g/mol. The van der Waals surface area contributed by atoms with Gasteiger partial charge in [-0.2, -0.15) is 9.61 Å². The van der Waals surface area contributed by atoms with Crippen LogP contribution in [-0.2, 0) is 16.4 Å². The second kappa shape index (κ2) is 7.95. The summed E-state index contributed by atoms with van der Waals surface area (Å²) in [5.74, 6) is 0.473. The van der Waals surface area contributed by atoms with Crippen LogP contribution in [0.4, 0.5) is 11.6 Å². The maximum Gasteiger partial charge on any atom is 0.295 e. The lowest BCUT2D eigenvalue weighted by atomic mass is 10.2. The smallest absolute Gasteiger partial charge is 0.295 e. The van der Waals surface area contributed by atoms with Crippen LogP contribution in [0.5, 0.6) is 0 Å². The number of benzene rings is 1. The maximum absolute atomic E-state index is 12.5. The van der Waals surface area contributed by atoms with Crippen molar-refractivity contribution in [3.8, 4) is 11.4 Å². The van der Waals surface area contributed by atoms with E-state index in [2.05, 4.69) is 30.5 Å². The van der Waals surface area contributed by atoms with E-state index in [1.807, 2.05) is 20.0 Å². The zero-order chi connectivity index (χ0) is 24.0. The van der Waals surface area contributed by atoms with Gasteiger partial charge in [-0.1, -0.05) is 6.07 Å². The number of sulfone groups is 1. The molecule has 13 heteroatoms. The van der Waals surface area contributed by atoms with E-state index in [4.69, 9.17) is 4.98 Å². The van der Waals surface area contributed by atoms with Crippen LogP contribution in [-0.4, -0.2) is 54.0 Å². The first kappa shape index (κ1) is 21.6. The Labute approximate surface area is 193 Å². The van der Waals surface area contributed by atoms with E-state index >= 15 is 0 Å². The minimum atomic E-state index is -3.61. The highest BCUT2D eigenvalue weighted by Gasteiger charge is 2.21. The molecule has 172 valence electrons. The van der Waals surface area contributed by atoms with Crippen molar-refractivity contribution in [2.24, 2.45) is 0 Å². The van der Waals surface area contributed by atoms with Gasteiger partial charge >= 0.3 is 0 Å². The molecule has 0 spiro atoms. The van der Waals surface area contributed by atoms with Gasteiger partial charge in [0.05, 0.1) is 27.9 Å². The van der Waals surface area contributed by atoms with E-state index < -0.39 is 15.4 Å². The fourth-order valence-electron chi connectivity index (χ4n) is 3.59. The molecule has 0 aliphatic heterocycles. The molecule has 34 heavy (non-hydrogen) atoms. The molecule has 0 fully saturated rings. The van der Waals surface area contributed by atoms with Crippen LogP contribution in [0.15, 0.2) is 52.7 Å². The van der Waals surface area contributed by atoms with Crippen LogP contribution >= 0.6 is 0 Å². The van der Waals surface area contributed by atoms with Gasteiger partial charge in [-0.05, 0) is 26.0 Å². The van der Waals surface area contributed by atoms with Crippen LogP contribution in [0.25, 0.3) is 27.9 Å². The summed E-state index contributed by atoms with van der Waals surface area (Å²) in [6.07, 6.45) is 6.91. The number of rotatable bonds is 5. The highest BCUT2D eigenvalue weighted by Crippen LogP contribution is 2.29. The van der Waals surface area contributed by atoms with Crippen molar-refractivity contribution in [3.05, 3.63) is 59.0 Å². The first-order valence-corrected chi connectivity index (χ1v) is 12.2. The molecule has 4 heterocycles. The first-order chi connectivity index (χ1) is 16.3. The van der Waals surface area contributed by atoms with E-state index in [-0.39, 0.29) is 22.0 Å². The summed E-state index contributed by atoms with van der Waals surface area (Å²) >= 11 is 0. The molecule has 0 aliphatic rings. The quantitative estimate of drug-likeness (QED) is 0.397. The Morgan fingerprint density at radius 3 is 2.68 bits per heavy atom. The summed E-state index contributed by atoms with van der Waals surface area (Å²) in [6, 6.07) is 4.83. The molecule has 0 bridgehead atoms. The van der Waals surface area contributed by atoms with Crippen molar-refractivity contribution in [1.82, 2.24) is 39.3 Å². The third-order valence-corrected chi connectivity index (χ3v) is 6.33. The Bertz CT molecular complexity index is 1740. The van der Waals surface area contributed by atoms with E-state index in [1.54, 1.807) is 16.8 Å². The number of para-hydroxylation sites is 1. The monoisotopic (exact) mass is 477 g/mol. The van der Waals surface area contributed by atoms with Crippen LogP contribution < -0.4 is 10.9 Å². The Hall–Kier alpha value is -4.26. The van der Waals surface area contributed by atoms with Crippen LogP contribution in [0.1, 0.15) is 12.6 Å². The number of nitrogens with one attached hydrogen (secondary N) is 1.